The number of hydrogen-bond acceptors (Lipinski definition) is 5. The number of nitrogens with one attached hydrogen (secondary N) is 1. The van der Waals surface area contributed by atoms with Crippen LogP contribution in [0.5, 0.6) is 0 Å². The van der Waals surface area contributed by atoms with Gasteiger partial charge in [0.15, 0.2) is 5.78 Å². The molecule has 1 aliphatic heterocycles. The highest BCUT2D eigenvalue weighted by atomic mass is 16.5. The molecule has 33 heavy (non-hydrogen) atoms. The van der Waals surface area contributed by atoms with E-state index in [1.807, 2.05) is 42.5 Å². The van der Waals surface area contributed by atoms with Gasteiger partial charge in [0.1, 0.15) is 0 Å². The van der Waals surface area contributed by atoms with Crippen LogP contribution in [-0.4, -0.2) is 38.0 Å². The Morgan fingerprint density at radius 3 is 2.55 bits per heavy atom. The maximum absolute atomic E-state index is 12.9. The standard InChI is InChI=1S/C27H25N3O3/c28-27(32)19-4-1-3-18(17-19)22-11-12-24(26-23(22)5-2-6-25(26)31)29-20-7-9-21(10-8-20)30-13-15-33-16-14-30/h1-5,7-12,17,29H,6,13-16H2,(H2,28,32). The molecule has 0 saturated carbocycles. The molecule has 1 saturated heterocycles. The molecule has 0 radical (unpaired) electrons. The van der Waals surface area contributed by atoms with Crippen LogP contribution in [0.25, 0.3) is 17.2 Å². The number of fused-ring (bicyclic) bond motifs is 1. The van der Waals surface area contributed by atoms with Crippen LogP contribution >= 0.6 is 0 Å². The van der Waals surface area contributed by atoms with Crippen LogP contribution in [0.15, 0.2) is 66.7 Å². The first-order chi connectivity index (χ1) is 16.1. The average molecular weight is 440 g/mol. The Kier molecular flexibility index (Phi) is 5.67. The number of carbonyl (C=O) groups is 2. The van der Waals surface area contributed by atoms with Gasteiger partial charge in [-0.2, -0.15) is 0 Å². The molecular formula is C27H25N3O3. The summed E-state index contributed by atoms with van der Waals surface area (Å²) in [5, 5.41) is 3.43. The predicted octanol–water partition coefficient (Wildman–Crippen LogP) is 4.63. The Morgan fingerprint density at radius 1 is 1.00 bits per heavy atom. The maximum atomic E-state index is 12.9. The molecule has 1 fully saturated rings. The van der Waals surface area contributed by atoms with Crippen molar-refractivity contribution in [1.29, 1.82) is 0 Å². The third-order valence-electron chi connectivity index (χ3n) is 6.09. The van der Waals surface area contributed by atoms with Gasteiger partial charge in [-0.3, -0.25) is 9.59 Å². The first kappa shape index (κ1) is 21.0. The van der Waals surface area contributed by atoms with Crippen molar-refractivity contribution in [2.75, 3.05) is 36.5 Å². The summed E-state index contributed by atoms with van der Waals surface area (Å²) >= 11 is 0. The highest BCUT2D eigenvalue weighted by Gasteiger charge is 2.22. The van der Waals surface area contributed by atoms with Gasteiger partial charge in [0.2, 0.25) is 5.91 Å². The zero-order valence-electron chi connectivity index (χ0n) is 18.2. The second-order valence-electron chi connectivity index (χ2n) is 8.20. The molecule has 0 unspecified atom stereocenters. The minimum Gasteiger partial charge on any atom is -0.378 e. The van der Waals surface area contributed by atoms with E-state index in [-0.39, 0.29) is 5.78 Å². The van der Waals surface area contributed by atoms with E-state index >= 15 is 0 Å². The SMILES string of the molecule is NC(=O)c1cccc(-c2ccc(Nc3ccc(N4CCOCC4)cc3)c3c2C=CCC3=O)c1. The van der Waals surface area contributed by atoms with E-state index < -0.39 is 5.91 Å². The molecule has 2 aliphatic rings. The van der Waals surface area contributed by atoms with Crippen LogP contribution in [0.2, 0.25) is 0 Å². The van der Waals surface area contributed by atoms with Crippen molar-refractivity contribution in [2.24, 2.45) is 5.73 Å². The van der Waals surface area contributed by atoms with E-state index in [9.17, 15) is 9.59 Å². The minimum atomic E-state index is -0.476. The number of ketones is 1. The molecule has 0 bridgehead atoms. The zero-order valence-corrected chi connectivity index (χ0v) is 18.2. The van der Waals surface area contributed by atoms with Crippen molar-refractivity contribution in [3.8, 4) is 11.1 Å². The van der Waals surface area contributed by atoms with Gasteiger partial charge in [0, 0.05) is 42.0 Å². The van der Waals surface area contributed by atoms with Gasteiger partial charge in [-0.15, -0.1) is 0 Å². The van der Waals surface area contributed by atoms with Gasteiger partial charge in [0.25, 0.3) is 0 Å². The second kappa shape index (κ2) is 8.92. The predicted molar refractivity (Wildman–Crippen MR) is 131 cm³/mol. The van der Waals surface area contributed by atoms with E-state index in [0.717, 1.165) is 60.1 Å². The highest BCUT2D eigenvalue weighted by Crippen LogP contribution is 2.37. The number of nitrogens with two attached hydrogens (primary N) is 1. The van der Waals surface area contributed by atoms with Crippen molar-refractivity contribution in [3.05, 3.63) is 83.4 Å². The number of allylic oxidation sites excluding steroid dienone is 1. The van der Waals surface area contributed by atoms with Crippen molar-refractivity contribution < 1.29 is 14.3 Å². The third kappa shape index (κ3) is 4.25. The first-order valence-corrected chi connectivity index (χ1v) is 11.1. The molecule has 6 nitrogen and oxygen atoms in total. The summed E-state index contributed by atoms with van der Waals surface area (Å²) < 4.78 is 5.43. The Bertz CT molecular complexity index is 1240. The molecule has 0 spiro atoms. The summed E-state index contributed by atoms with van der Waals surface area (Å²) in [7, 11) is 0. The molecule has 166 valence electrons. The second-order valence-corrected chi connectivity index (χ2v) is 8.20. The number of hydrogen-bond donors (Lipinski definition) is 2. The fraction of sp³-hybridized carbons (Fsp3) is 0.185. The van der Waals surface area contributed by atoms with Crippen molar-refractivity contribution in [2.45, 2.75) is 6.42 Å². The molecule has 0 atom stereocenters. The lowest BCUT2D eigenvalue weighted by atomic mass is 9.87. The Labute approximate surface area is 192 Å². The molecule has 0 aromatic heterocycles. The molecule has 3 N–H and O–H groups in total. The van der Waals surface area contributed by atoms with Crippen molar-refractivity contribution in [3.63, 3.8) is 0 Å². The van der Waals surface area contributed by atoms with E-state index in [4.69, 9.17) is 10.5 Å². The van der Waals surface area contributed by atoms with Gasteiger partial charge in [-0.25, -0.2) is 0 Å². The van der Waals surface area contributed by atoms with E-state index in [0.29, 0.717) is 17.5 Å². The highest BCUT2D eigenvalue weighted by molar-refractivity contribution is 6.10. The van der Waals surface area contributed by atoms with Gasteiger partial charge in [-0.1, -0.05) is 30.4 Å². The number of primary amides is 1. The number of benzene rings is 3. The number of carbonyl (C=O) groups excluding carboxylic acids is 2. The summed E-state index contributed by atoms with van der Waals surface area (Å²) in [6, 6.07) is 19.3. The smallest absolute Gasteiger partial charge is 0.248 e. The fourth-order valence-electron chi connectivity index (χ4n) is 4.41. The lowest BCUT2D eigenvalue weighted by Crippen LogP contribution is -2.36. The minimum absolute atomic E-state index is 0.0628. The molecule has 1 amide bonds. The van der Waals surface area contributed by atoms with Crippen LogP contribution < -0.4 is 16.0 Å². The van der Waals surface area contributed by atoms with Crippen LogP contribution in [0.3, 0.4) is 0 Å². The monoisotopic (exact) mass is 439 g/mol. The van der Waals surface area contributed by atoms with Gasteiger partial charge in [0.05, 0.1) is 18.9 Å². The molecule has 6 heteroatoms. The van der Waals surface area contributed by atoms with Gasteiger partial charge in [-0.05, 0) is 59.2 Å². The lowest BCUT2D eigenvalue weighted by molar-refractivity contribution is 0.0989. The molecular weight excluding hydrogens is 414 g/mol. The Balaban J connectivity index is 1.48. The third-order valence-corrected chi connectivity index (χ3v) is 6.09. The summed E-state index contributed by atoms with van der Waals surface area (Å²) in [4.78, 5) is 26.9. The largest absolute Gasteiger partial charge is 0.378 e. The molecule has 5 rings (SSSR count). The number of ether oxygens (including phenoxy) is 1. The lowest BCUT2D eigenvalue weighted by Gasteiger charge is -2.29. The van der Waals surface area contributed by atoms with Crippen LogP contribution in [-0.2, 0) is 4.74 Å². The van der Waals surface area contributed by atoms with E-state index in [1.165, 1.54) is 0 Å². The van der Waals surface area contributed by atoms with E-state index in [1.54, 1.807) is 18.2 Å². The number of morpholine rings is 1. The summed E-state index contributed by atoms with van der Waals surface area (Å²) in [6.45, 7) is 3.27. The fourth-order valence-corrected chi connectivity index (χ4v) is 4.41. The Hall–Kier alpha value is -3.90. The average Bonchev–Trinajstić information content (AvgIpc) is 2.85. The zero-order chi connectivity index (χ0) is 22.8. The van der Waals surface area contributed by atoms with Crippen LogP contribution in [0.1, 0.15) is 32.7 Å². The normalized spacial score (nSPS) is 15.3. The van der Waals surface area contributed by atoms with Crippen molar-refractivity contribution in [1.82, 2.24) is 0 Å². The number of Topliss-reactive ketones (excluding diaryl/α,β-unsaturated/α-hetero) is 1. The quantitative estimate of drug-likeness (QED) is 0.605. The number of nitrogens with zero attached hydrogens (tertiary/aromatic N) is 1. The van der Waals surface area contributed by atoms with Crippen molar-refractivity contribution >= 4 is 34.8 Å². The molecule has 1 heterocycles. The Morgan fingerprint density at radius 2 is 1.79 bits per heavy atom. The van der Waals surface area contributed by atoms with Gasteiger partial charge < -0.3 is 20.7 Å². The molecule has 3 aromatic carbocycles. The van der Waals surface area contributed by atoms with E-state index in [2.05, 4.69) is 22.3 Å². The van der Waals surface area contributed by atoms with Crippen LogP contribution in [0.4, 0.5) is 17.1 Å². The first-order valence-electron chi connectivity index (χ1n) is 11.1. The number of amides is 1. The topological polar surface area (TPSA) is 84.7 Å². The van der Waals surface area contributed by atoms with Crippen LogP contribution in [0, 0.1) is 0 Å². The summed E-state index contributed by atoms with van der Waals surface area (Å²) in [5.74, 6) is -0.413. The summed E-state index contributed by atoms with van der Waals surface area (Å²) in [6.07, 6.45) is 4.23. The number of rotatable bonds is 5. The van der Waals surface area contributed by atoms with Gasteiger partial charge >= 0.3 is 0 Å². The molecule has 3 aromatic rings. The molecule has 1 aliphatic carbocycles. The summed E-state index contributed by atoms with van der Waals surface area (Å²) in [5.41, 5.74) is 12.0. The maximum Gasteiger partial charge on any atom is 0.248 e. The number of anilines is 3.